The number of hydrogen-bond acceptors (Lipinski definition) is 5. The molecule has 0 saturated carbocycles. The molecule has 3 aromatic carbocycles. The first kappa shape index (κ1) is 22.5. The van der Waals surface area contributed by atoms with Gasteiger partial charge in [0, 0.05) is 29.1 Å². The molecule has 1 aliphatic rings. The van der Waals surface area contributed by atoms with E-state index in [4.69, 9.17) is 14.2 Å². The molecule has 1 amide bonds. The lowest BCUT2D eigenvalue weighted by Gasteiger charge is -2.23. The number of ether oxygens (including phenoxy) is 3. The number of fused-ring (bicyclic) bond motifs is 2. The highest BCUT2D eigenvalue weighted by atomic mass is 19.1. The fraction of sp³-hybridized carbons (Fsp3) is 0.185. The Hall–Kier alpha value is -4.33. The van der Waals surface area contributed by atoms with Crippen LogP contribution in [0.4, 0.5) is 4.39 Å². The molecule has 5 rings (SSSR count). The minimum Gasteiger partial charge on any atom is -0.497 e. The number of pyridine rings is 1. The molecule has 1 aromatic heterocycles. The minimum absolute atomic E-state index is 0.0289. The van der Waals surface area contributed by atoms with E-state index in [2.05, 4.69) is 4.98 Å². The van der Waals surface area contributed by atoms with Gasteiger partial charge in [0.1, 0.15) is 24.8 Å². The molecule has 0 aliphatic carbocycles. The Morgan fingerprint density at radius 2 is 1.74 bits per heavy atom. The van der Waals surface area contributed by atoms with Crippen LogP contribution >= 0.6 is 0 Å². The smallest absolute Gasteiger partial charge is 0.254 e. The third kappa shape index (κ3) is 4.82. The largest absolute Gasteiger partial charge is 0.497 e. The molecule has 0 spiro atoms. The first-order valence-electron chi connectivity index (χ1n) is 11.1. The van der Waals surface area contributed by atoms with Crippen LogP contribution in [0, 0.1) is 5.82 Å². The summed E-state index contributed by atoms with van der Waals surface area (Å²) in [6.45, 7) is 1.15. The standard InChI is InChI=1S/C27H23FN2O5/c1-33-22-7-5-17(6-8-22)15-30(27(32)18-3-2-4-21(28)12-18)16-20-11-19-13-24-25(35-10-9-34-24)14-23(19)29-26(20)31/h2-8,11-14H,9-10,15-16H2,1H3,(H,29,31). The van der Waals surface area contributed by atoms with Crippen LogP contribution in [0.25, 0.3) is 10.9 Å². The van der Waals surface area contributed by atoms with Crippen LogP contribution < -0.4 is 19.8 Å². The average molecular weight is 474 g/mol. The van der Waals surface area contributed by atoms with Crippen LogP contribution in [0.1, 0.15) is 21.5 Å². The molecular weight excluding hydrogens is 451 g/mol. The number of carbonyl (C=O) groups excluding carboxylic acids is 1. The summed E-state index contributed by atoms with van der Waals surface area (Å²) in [6.07, 6.45) is 0. The molecular formula is C27H23FN2O5. The van der Waals surface area contributed by atoms with Crippen molar-refractivity contribution in [1.29, 1.82) is 0 Å². The van der Waals surface area contributed by atoms with Gasteiger partial charge in [-0.1, -0.05) is 18.2 Å². The number of nitrogens with one attached hydrogen (secondary N) is 1. The van der Waals surface area contributed by atoms with Gasteiger partial charge >= 0.3 is 0 Å². The Labute approximate surface area is 200 Å². The summed E-state index contributed by atoms with van der Waals surface area (Å²) in [4.78, 5) is 30.7. The van der Waals surface area contributed by atoms with E-state index in [0.29, 0.717) is 41.5 Å². The van der Waals surface area contributed by atoms with Gasteiger partial charge in [-0.2, -0.15) is 0 Å². The number of methoxy groups -OCH3 is 1. The highest BCUT2D eigenvalue weighted by molar-refractivity contribution is 5.94. The number of H-pyrrole nitrogens is 1. The lowest BCUT2D eigenvalue weighted by atomic mass is 10.1. The second kappa shape index (κ2) is 9.50. The molecule has 4 aromatic rings. The SMILES string of the molecule is COc1ccc(CN(Cc2cc3cc4c(cc3[nH]c2=O)OCCO4)C(=O)c2cccc(F)c2)cc1. The fourth-order valence-corrected chi connectivity index (χ4v) is 4.07. The van der Waals surface area contributed by atoms with Gasteiger partial charge in [0.25, 0.3) is 11.5 Å². The zero-order valence-electron chi connectivity index (χ0n) is 19.0. The lowest BCUT2D eigenvalue weighted by molar-refractivity contribution is 0.0729. The highest BCUT2D eigenvalue weighted by Gasteiger charge is 2.20. The maximum Gasteiger partial charge on any atom is 0.254 e. The quantitative estimate of drug-likeness (QED) is 0.451. The van der Waals surface area contributed by atoms with Crippen molar-refractivity contribution in [2.75, 3.05) is 20.3 Å². The van der Waals surface area contributed by atoms with E-state index in [9.17, 15) is 14.0 Å². The molecule has 0 atom stereocenters. The fourth-order valence-electron chi connectivity index (χ4n) is 4.07. The molecule has 0 fully saturated rings. The first-order chi connectivity index (χ1) is 17.0. The summed E-state index contributed by atoms with van der Waals surface area (Å²) in [7, 11) is 1.58. The predicted molar refractivity (Wildman–Crippen MR) is 129 cm³/mol. The molecule has 0 saturated heterocycles. The van der Waals surface area contributed by atoms with E-state index < -0.39 is 5.82 Å². The predicted octanol–water partition coefficient (Wildman–Crippen LogP) is 4.29. The normalized spacial score (nSPS) is 12.4. The summed E-state index contributed by atoms with van der Waals surface area (Å²) in [5.41, 5.74) is 1.73. The molecule has 1 aliphatic heterocycles. The number of amides is 1. The topological polar surface area (TPSA) is 80.9 Å². The van der Waals surface area contributed by atoms with Gasteiger partial charge in [0.2, 0.25) is 0 Å². The average Bonchev–Trinajstić information content (AvgIpc) is 2.87. The Bertz CT molecular complexity index is 1450. The van der Waals surface area contributed by atoms with Gasteiger partial charge in [-0.25, -0.2) is 4.39 Å². The van der Waals surface area contributed by atoms with Crippen molar-refractivity contribution in [3.8, 4) is 17.2 Å². The lowest BCUT2D eigenvalue weighted by Crippen LogP contribution is -2.32. The van der Waals surface area contributed by atoms with E-state index in [1.54, 1.807) is 37.4 Å². The molecule has 2 heterocycles. The van der Waals surface area contributed by atoms with E-state index in [0.717, 1.165) is 10.9 Å². The van der Waals surface area contributed by atoms with E-state index >= 15 is 0 Å². The Kier molecular flexibility index (Phi) is 6.10. The van der Waals surface area contributed by atoms with Crippen molar-refractivity contribution in [2.45, 2.75) is 13.1 Å². The van der Waals surface area contributed by atoms with Crippen LogP contribution in [0.15, 0.2) is 71.5 Å². The van der Waals surface area contributed by atoms with Crippen molar-refractivity contribution >= 4 is 16.8 Å². The van der Waals surface area contributed by atoms with Crippen molar-refractivity contribution in [1.82, 2.24) is 9.88 Å². The van der Waals surface area contributed by atoms with Crippen LogP contribution in [-0.4, -0.2) is 36.1 Å². The van der Waals surface area contributed by atoms with Crippen molar-refractivity contribution in [2.24, 2.45) is 0 Å². The number of hydrogen-bond donors (Lipinski definition) is 1. The van der Waals surface area contributed by atoms with Crippen LogP contribution in [0.5, 0.6) is 17.2 Å². The molecule has 35 heavy (non-hydrogen) atoms. The summed E-state index contributed by atoms with van der Waals surface area (Å²) in [5.74, 6) is 0.984. The molecule has 0 unspecified atom stereocenters. The maximum atomic E-state index is 13.8. The van der Waals surface area contributed by atoms with Crippen LogP contribution in [0.2, 0.25) is 0 Å². The molecule has 1 N–H and O–H groups in total. The molecule has 178 valence electrons. The summed E-state index contributed by atoms with van der Waals surface area (Å²) >= 11 is 0. The van der Waals surface area contributed by atoms with Gasteiger partial charge in [-0.05, 0) is 48.0 Å². The zero-order valence-corrected chi connectivity index (χ0v) is 19.0. The highest BCUT2D eigenvalue weighted by Crippen LogP contribution is 2.33. The summed E-state index contributed by atoms with van der Waals surface area (Å²) in [6, 6.07) is 18.1. The third-order valence-corrected chi connectivity index (χ3v) is 5.84. The number of nitrogens with zero attached hydrogens (tertiary/aromatic N) is 1. The maximum absolute atomic E-state index is 13.8. The number of rotatable bonds is 6. The molecule has 7 nitrogen and oxygen atoms in total. The summed E-state index contributed by atoms with van der Waals surface area (Å²) in [5, 5.41) is 0.756. The van der Waals surface area contributed by atoms with Gasteiger partial charge in [0.15, 0.2) is 11.5 Å². The van der Waals surface area contributed by atoms with Gasteiger partial charge in [0.05, 0.1) is 19.2 Å². The first-order valence-corrected chi connectivity index (χ1v) is 11.1. The number of halogens is 1. The second-order valence-electron chi connectivity index (χ2n) is 8.23. The molecule has 0 bridgehead atoms. The number of aromatic nitrogens is 1. The van der Waals surface area contributed by atoms with E-state index in [1.807, 2.05) is 18.2 Å². The third-order valence-electron chi connectivity index (χ3n) is 5.84. The Morgan fingerprint density at radius 1 is 1.00 bits per heavy atom. The second-order valence-corrected chi connectivity index (χ2v) is 8.23. The molecule has 8 heteroatoms. The minimum atomic E-state index is -0.504. The van der Waals surface area contributed by atoms with Crippen molar-refractivity contribution in [3.05, 3.63) is 99.6 Å². The Morgan fingerprint density at radius 3 is 2.46 bits per heavy atom. The van der Waals surface area contributed by atoms with E-state index in [-0.39, 0.29) is 30.1 Å². The van der Waals surface area contributed by atoms with E-state index in [1.165, 1.54) is 23.1 Å². The van der Waals surface area contributed by atoms with Gasteiger partial charge in [-0.3, -0.25) is 9.59 Å². The molecule has 0 radical (unpaired) electrons. The van der Waals surface area contributed by atoms with Crippen LogP contribution in [0.3, 0.4) is 0 Å². The van der Waals surface area contributed by atoms with Gasteiger partial charge < -0.3 is 24.1 Å². The van der Waals surface area contributed by atoms with Crippen LogP contribution in [-0.2, 0) is 13.1 Å². The zero-order chi connectivity index (χ0) is 24.4. The number of aromatic amines is 1. The Balaban J connectivity index is 1.50. The monoisotopic (exact) mass is 474 g/mol. The number of benzene rings is 3. The summed E-state index contributed by atoms with van der Waals surface area (Å²) < 4.78 is 30.3. The van der Waals surface area contributed by atoms with Crippen molar-refractivity contribution < 1.29 is 23.4 Å². The van der Waals surface area contributed by atoms with Crippen molar-refractivity contribution in [3.63, 3.8) is 0 Å². The van der Waals surface area contributed by atoms with Gasteiger partial charge in [-0.15, -0.1) is 0 Å². The number of carbonyl (C=O) groups is 1.